The van der Waals surface area contributed by atoms with Crippen LogP contribution in [-0.4, -0.2) is 38.3 Å². The van der Waals surface area contributed by atoms with E-state index in [4.69, 9.17) is 21.4 Å². The summed E-state index contributed by atoms with van der Waals surface area (Å²) < 4.78 is 28.9. The normalized spacial score (nSPS) is 12.5. The molecule has 1 rings (SSSR count). The average molecular weight is 347 g/mol. The lowest BCUT2D eigenvalue weighted by molar-refractivity contribution is -0.142. The Morgan fingerprint density at radius 1 is 1.23 bits per heavy atom. The molecule has 0 aliphatic heterocycles. The molecule has 0 aromatic heterocycles. The fraction of sp³-hybridized carbons (Fsp3) is 0.286. The van der Waals surface area contributed by atoms with Crippen LogP contribution >= 0.6 is 11.6 Å². The highest BCUT2D eigenvalue weighted by Crippen LogP contribution is 2.28. The summed E-state index contributed by atoms with van der Waals surface area (Å²) in [6, 6.07) is 5.71. The Hall–Kier alpha value is -1.86. The number of halogens is 1. The zero-order chi connectivity index (χ0) is 16.9. The summed E-state index contributed by atoms with van der Waals surface area (Å²) in [4.78, 5) is 22.6. The minimum Gasteiger partial charge on any atom is -0.481 e. The fourth-order valence-electron chi connectivity index (χ4n) is 1.83. The fourth-order valence-corrected chi connectivity index (χ4v) is 3.12. The maximum Gasteiger partial charge on any atom is 0.335 e. The van der Waals surface area contributed by atoms with Crippen LogP contribution in [0.3, 0.4) is 0 Å². The molecule has 0 fully saturated rings. The number of hydrogen-bond acceptors (Lipinski definition) is 5. The van der Waals surface area contributed by atoms with Crippen LogP contribution in [0.1, 0.15) is 18.9 Å². The molecule has 0 atom stereocenters. The van der Waals surface area contributed by atoms with E-state index in [1.165, 1.54) is 24.3 Å². The maximum absolute atomic E-state index is 12.1. The topological polar surface area (TPSA) is 97.7 Å². The van der Waals surface area contributed by atoms with Gasteiger partial charge >= 0.3 is 11.9 Å². The first kappa shape index (κ1) is 18.2. The van der Waals surface area contributed by atoms with Gasteiger partial charge in [0.2, 0.25) is 0 Å². The molecule has 0 radical (unpaired) electrons. The van der Waals surface area contributed by atoms with Crippen molar-refractivity contribution in [3.05, 3.63) is 40.4 Å². The van der Waals surface area contributed by atoms with Gasteiger partial charge in [0.15, 0.2) is 9.84 Å². The highest BCUT2D eigenvalue weighted by atomic mass is 35.5. The first-order valence-corrected chi connectivity index (χ1v) is 8.51. The van der Waals surface area contributed by atoms with Crippen molar-refractivity contribution in [1.82, 2.24) is 0 Å². The summed E-state index contributed by atoms with van der Waals surface area (Å²) in [5, 5.41) is 9.33. The van der Waals surface area contributed by atoms with Crippen molar-refractivity contribution in [2.24, 2.45) is 0 Å². The largest absolute Gasteiger partial charge is 0.481 e. The summed E-state index contributed by atoms with van der Waals surface area (Å²) >= 11 is 5.76. The molecule has 1 aromatic rings. The van der Waals surface area contributed by atoms with Gasteiger partial charge in [0.25, 0.3) is 0 Å². The second-order valence-electron chi connectivity index (χ2n) is 4.38. The zero-order valence-corrected chi connectivity index (χ0v) is 13.6. The molecule has 0 unspecified atom stereocenters. The van der Waals surface area contributed by atoms with E-state index >= 15 is 0 Å². The van der Waals surface area contributed by atoms with Crippen LogP contribution in [-0.2, 0) is 24.2 Å². The van der Waals surface area contributed by atoms with Crippen molar-refractivity contribution >= 4 is 38.3 Å². The number of hydrogen-bond donors (Lipinski definition) is 1. The third-order valence-corrected chi connectivity index (χ3v) is 4.08. The standard InChI is InChI=1S/C14H15ClO6S/c1-3-21-14(18)11(8-12(16)17)13(22(2,19)20)9-4-6-10(15)7-5-9/h4-7H,3,8H2,1-2H3,(H,16,17)/b13-11-. The van der Waals surface area contributed by atoms with Crippen molar-refractivity contribution < 1.29 is 27.9 Å². The van der Waals surface area contributed by atoms with Crippen LogP contribution in [0.5, 0.6) is 0 Å². The minimum absolute atomic E-state index is 0.000385. The van der Waals surface area contributed by atoms with E-state index in [0.29, 0.717) is 5.02 Å². The van der Waals surface area contributed by atoms with Crippen LogP contribution in [0, 0.1) is 0 Å². The Bertz CT molecular complexity index is 703. The van der Waals surface area contributed by atoms with E-state index in [1.807, 2.05) is 0 Å². The van der Waals surface area contributed by atoms with E-state index in [-0.39, 0.29) is 17.1 Å². The van der Waals surface area contributed by atoms with Crippen LogP contribution in [0.4, 0.5) is 0 Å². The highest BCUT2D eigenvalue weighted by Gasteiger charge is 2.27. The number of sulfone groups is 1. The van der Waals surface area contributed by atoms with Crippen LogP contribution in [0.2, 0.25) is 5.02 Å². The van der Waals surface area contributed by atoms with Crippen molar-refractivity contribution in [3.63, 3.8) is 0 Å². The van der Waals surface area contributed by atoms with Gasteiger partial charge in [-0.05, 0) is 24.6 Å². The molecule has 1 N–H and O–H groups in total. The van der Waals surface area contributed by atoms with Crippen molar-refractivity contribution in [1.29, 1.82) is 0 Å². The molecule has 0 saturated carbocycles. The molecule has 6 nitrogen and oxygen atoms in total. The van der Waals surface area contributed by atoms with Gasteiger partial charge < -0.3 is 9.84 Å². The monoisotopic (exact) mass is 346 g/mol. The molecule has 0 amide bonds. The quantitative estimate of drug-likeness (QED) is 0.626. The highest BCUT2D eigenvalue weighted by molar-refractivity contribution is 8.00. The Morgan fingerprint density at radius 3 is 2.18 bits per heavy atom. The van der Waals surface area contributed by atoms with Gasteiger partial charge in [-0.2, -0.15) is 0 Å². The van der Waals surface area contributed by atoms with Crippen molar-refractivity contribution in [3.8, 4) is 0 Å². The Labute approximate surface area is 133 Å². The molecule has 0 aliphatic rings. The molecular formula is C14H15ClO6S. The SMILES string of the molecule is CCOC(=O)/C(CC(=O)O)=C(/c1ccc(Cl)cc1)S(C)(=O)=O. The number of carboxylic acid groups (broad SMARTS) is 1. The smallest absolute Gasteiger partial charge is 0.335 e. The summed E-state index contributed by atoms with van der Waals surface area (Å²) in [6.45, 7) is 1.54. The number of esters is 1. The van der Waals surface area contributed by atoms with Gasteiger partial charge in [0.05, 0.1) is 23.5 Å². The van der Waals surface area contributed by atoms with Gasteiger partial charge in [-0.15, -0.1) is 0 Å². The lowest BCUT2D eigenvalue weighted by Gasteiger charge is -2.12. The van der Waals surface area contributed by atoms with Gasteiger partial charge in [0, 0.05) is 11.3 Å². The molecule has 0 spiro atoms. The van der Waals surface area contributed by atoms with E-state index in [0.717, 1.165) is 6.26 Å². The van der Waals surface area contributed by atoms with Crippen LogP contribution in [0.15, 0.2) is 29.8 Å². The number of carbonyl (C=O) groups is 2. The Morgan fingerprint density at radius 2 is 1.77 bits per heavy atom. The molecule has 120 valence electrons. The first-order valence-electron chi connectivity index (χ1n) is 6.24. The number of rotatable bonds is 6. The van der Waals surface area contributed by atoms with E-state index < -0.39 is 33.8 Å². The third-order valence-electron chi connectivity index (χ3n) is 2.60. The first-order chi connectivity index (χ1) is 10.2. The lowest BCUT2D eigenvalue weighted by atomic mass is 10.1. The average Bonchev–Trinajstić information content (AvgIpc) is 2.38. The molecule has 8 heteroatoms. The van der Waals surface area contributed by atoms with Gasteiger partial charge in [0.1, 0.15) is 0 Å². The van der Waals surface area contributed by atoms with Crippen molar-refractivity contribution in [2.45, 2.75) is 13.3 Å². The molecule has 0 heterocycles. The molecular weight excluding hydrogens is 332 g/mol. The van der Waals surface area contributed by atoms with Crippen LogP contribution < -0.4 is 0 Å². The third kappa shape index (κ3) is 4.85. The van der Waals surface area contributed by atoms with Gasteiger partial charge in [-0.3, -0.25) is 4.79 Å². The summed E-state index contributed by atoms with van der Waals surface area (Å²) in [6.07, 6.45) is 0.141. The zero-order valence-electron chi connectivity index (χ0n) is 12.0. The van der Waals surface area contributed by atoms with Gasteiger partial charge in [-0.25, -0.2) is 13.2 Å². The molecule has 0 saturated heterocycles. The number of benzene rings is 1. The molecule has 0 aliphatic carbocycles. The predicted molar refractivity (Wildman–Crippen MR) is 82.1 cm³/mol. The summed E-state index contributed by atoms with van der Waals surface area (Å²) in [5.74, 6) is -2.31. The Balaban J connectivity index is 3.63. The number of carboxylic acids is 1. The van der Waals surface area contributed by atoms with Gasteiger partial charge in [-0.1, -0.05) is 23.7 Å². The second-order valence-corrected chi connectivity index (χ2v) is 6.77. The van der Waals surface area contributed by atoms with E-state index in [1.54, 1.807) is 6.92 Å². The van der Waals surface area contributed by atoms with E-state index in [9.17, 15) is 18.0 Å². The molecule has 1 aromatic carbocycles. The Kier molecular flexibility index (Phi) is 6.13. The molecule has 0 bridgehead atoms. The lowest BCUT2D eigenvalue weighted by Crippen LogP contribution is -2.16. The summed E-state index contributed by atoms with van der Waals surface area (Å²) in [5.41, 5.74) is -0.240. The van der Waals surface area contributed by atoms with E-state index in [2.05, 4.69) is 0 Å². The molecule has 22 heavy (non-hydrogen) atoms. The second kappa shape index (κ2) is 7.42. The van der Waals surface area contributed by atoms with Crippen molar-refractivity contribution in [2.75, 3.05) is 12.9 Å². The predicted octanol–water partition coefficient (Wildman–Crippen LogP) is 2.13. The minimum atomic E-state index is -3.87. The number of aliphatic carboxylic acids is 1. The number of ether oxygens (including phenoxy) is 1. The summed E-state index contributed by atoms with van der Waals surface area (Å²) in [7, 11) is -3.87. The number of carbonyl (C=O) groups excluding carboxylic acids is 1. The van der Waals surface area contributed by atoms with Crippen LogP contribution in [0.25, 0.3) is 4.91 Å². The maximum atomic E-state index is 12.1.